The van der Waals surface area contributed by atoms with Gasteiger partial charge in [-0.05, 0) is 57.1 Å². The number of fused-ring (bicyclic) bond motifs is 2. The van der Waals surface area contributed by atoms with E-state index in [4.69, 9.17) is 0 Å². The fraction of sp³-hybridized carbons (Fsp3) is 0.684. The van der Waals surface area contributed by atoms with Crippen molar-refractivity contribution in [2.45, 2.75) is 51.6 Å². The molecule has 1 aromatic carbocycles. The molecule has 1 saturated heterocycles. The van der Waals surface area contributed by atoms with Gasteiger partial charge in [0, 0.05) is 25.2 Å². The molecule has 1 saturated carbocycles. The van der Waals surface area contributed by atoms with Gasteiger partial charge in [0.15, 0.2) is 0 Å². The quantitative estimate of drug-likeness (QED) is 0.893. The van der Waals surface area contributed by atoms with E-state index in [1.165, 1.54) is 37.9 Å². The molecule has 2 heteroatoms. The van der Waals surface area contributed by atoms with Crippen LogP contribution < -0.4 is 5.32 Å². The minimum absolute atomic E-state index is 0.707. The molecular formula is C19H30N2. The molecule has 2 atom stereocenters. The van der Waals surface area contributed by atoms with E-state index in [2.05, 4.69) is 54.4 Å². The van der Waals surface area contributed by atoms with Gasteiger partial charge >= 0.3 is 0 Å². The van der Waals surface area contributed by atoms with E-state index < -0.39 is 0 Å². The third kappa shape index (κ3) is 3.67. The topological polar surface area (TPSA) is 15.3 Å². The maximum absolute atomic E-state index is 3.90. The fourth-order valence-electron chi connectivity index (χ4n) is 4.26. The standard InChI is InChI=1S/C19H30N2/c1-15(2)21-13-17-9-6-10-18(14-21)19(17)20-12-11-16-7-4-3-5-8-16/h3-5,7-8,15,17-20H,6,9-14H2,1-2H3. The summed E-state index contributed by atoms with van der Waals surface area (Å²) in [4.78, 5) is 2.70. The smallest absolute Gasteiger partial charge is 0.0148 e. The van der Waals surface area contributed by atoms with Crippen molar-refractivity contribution in [1.82, 2.24) is 10.2 Å². The molecule has 2 unspecified atom stereocenters. The van der Waals surface area contributed by atoms with Gasteiger partial charge in [-0.15, -0.1) is 0 Å². The first-order chi connectivity index (χ1) is 10.2. The minimum Gasteiger partial charge on any atom is -0.313 e. The maximum atomic E-state index is 3.90. The molecule has 2 aliphatic rings. The van der Waals surface area contributed by atoms with Crippen LogP contribution in [-0.2, 0) is 6.42 Å². The minimum atomic E-state index is 0.707. The highest BCUT2D eigenvalue weighted by Crippen LogP contribution is 2.35. The Bertz CT molecular complexity index is 414. The second-order valence-electron chi connectivity index (χ2n) is 7.21. The maximum Gasteiger partial charge on any atom is 0.0148 e. The van der Waals surface area contributed by atoms with Crippen LogP contribution in [0.2, 0.25) is 0 Å². The third-order valence-electron chi connectivity index (χ3n) is 5.47. The Balaban J connectivity index is 1.53. The Morgan fingerprint density at radius 3 is 2.38 bits per heavy atom. The molecule has 1 heterocycles. The first kappa shape index (κ1) is 15.1. The number of hydrogen-bond donors (Lipinski definition) is 1. The molecule has 0 amide bonds. The summed E-state index contributed by atoms with van der Waals surface area (Å²) in [5.74, 6) is 1.74. The van der Waals surface area contributed by atoms with Crippen molar-refractivity contribution in [2.75, 3.05) is 19.6 Å². The molecule has 116 valence electrons. The lowest BCUT2D eigenvalue weighted by molar-refractivity contribution is 0.0300. The Hall–Kier alpha value is -0.860. The number of likely N-dealkylation sites (tertiary alicyclic amines) is 1. The molecule has 2 nitrogen and oxygen atoms in total. The van der Waals surface area contributed by atoms with Crippen LogP contribution in [0.4, 0.5) is 0 Å². The summed E-state index contributed by atoms with van der Waals surface area (Å²) < 4.78 is 0. The van der Waals surface area contributed by atoms with Gasteiger partial charge in [0.2, 0.25) is 0 Å². The number of hydrogen-bond acceptors (Lipinski definition) is 2. The molecule has 1 aliphatic heterocycles. The molecule has 0 aromatic heterocycles. The van der Waals surface area contributed by atoms with Crippen LogP contribution in [0.5, 0.6) is 0 Å². The first-order valence-corrected chi connectivity index (χ1v) is 8.75. The Kier molecular flexibility index (Phi) is 4.97. The van der Waals surface area contributed by atoms with Crippen molar-refractivity contribution in [3.8, 4) is 0 Å². The van der Waals surface area contributed by atoms with Crippen molar-refractivity contribution in [1.29, 1.82) is 0 Å². The fourth-order valence-corrected chi connectivity index (χ4v) is 4.26. The summed E-state index contributed by atoms with van der Waals surface area (Å²) in [6.45, 7) is 8.43. The molecule has 3 rings (SSSR count). The zero-order valence-corrected chi connectivity index (χ0v) is 13.6. The van der Waals surface area contributed by atoms with Crippen molar-refractivity contribution in [3.63, 3.8) is 0 Å². The highest BCUT2D eigenvalue weighted by Gasteiger charge is 2.39. The Labute approximate surface area is 129 Å². The average molecular weight is 286 g/mol. The summed E-state index contributed by atoms with van der Waals surface area (Å²) in [5.41, 5.74) is 1.45. The van der Waals surface area contributed by atoms with Gasteiger partial charge in [0.1, 0.15) is 0 Å². The summed E-state index contributed by atoms with van der Waals surface area (Å²) in [5, 5.41) is 3.90. The van der Waals surface area contributed by atoms with E-state index in [9.17, 15) is 0 Å². The summed E-state index contributed by atoms with van der Waals surface area (Å²) in [7, 11) is 0. The van der Waals surface area contributed by atoms with Crippen LogP contribution in [0.15, 0.2) is 30.3 Å². The van der Waals surface area contributed by atoms with Crippen LogP contribution in [0, 0.1) is 11.8 Å². The number of nitrogens with zero attached hydrogens (tertiary/aromatic N) is 1. The Morgan fingerprint density at radius 1 is 1.10 bits per heavy atom. The van der Waals surface area contributed by atoms with Crippen molar-refractivity contribution < 1.29 is 0 Å². The number of piperidine rings is 1. The van der Waals surface area contributed by atoms with Gasteiger partial charge in [-0.25, -0.2) is 0 Å². The second kappa shape index (κ2) is 6.93. The highest BCUT2D eigenvalue weighted by molar-refractivity contribution is 5.15. The number of rotatable bonds is 5. The summed E-state index contributed by atoms with van der Waals surface area (Å²) >= 11 is 0. The van der Waals surface area contributed by atoms with Crippen LogP contribution in [-0.4, -0.2) is 36.6 Å². The van der Waals surface area contributed by atoms with E-state index in [0.717, 1.165) is 30.8 Å². The van der Waals surface area contributed by atoms with E-state index in [1.54, 1.807) is 0 Å². The van der Waals surface area contributed by atoms with E-state index in [-0.39, 0.29) is 0 Å². The molecule has 2 fully saturated rings. The van der Waals surface area contributed by atoms with Gasteiger partial charge in [0.05, 0.1) is 0 Å². The first-order valence-electron chi connectivity index (χ1n) is 8.75. The summed E-state index contributed by atoms with van der Waals surface area (Å²) in [6, 6.07) is 12.3. The van der Waals surface area contributed by atoms with Gasteiger partial charge in [0.25, 0.3) is 0 Å². The molecule has 21 heavy (non-hydrogen) atoms. The normalized spacial score (nSPS) is 29.8. The molecule has 2 bridgehead atoms. The molecule has 1 aliphatic carbocycles. The van der Waals surface area contributed by atoms with Gasteiger partial charge in [-0.2, -0.15) is 0 Å². The average Bonchev–Trinajstić information content (AvgIpc) is 2.47. The van der Waals surface area contributed by atoms with Crippen molar-refractivity contribution in [2.24, 2.45) is 11.8 Å². The third-order valence-corrected chi connectivity index (χ3v) is 5.47. The van der Waals surface area contributed by atoms with Crippen LogP contribution in [0.1, 0.15) is 38.7 Å². The van der Waals surface area contributed by atoms with E-state index in [1.807, 2.05) is 0 Å². The largest absolute Gasteiger partial charge is 0.313 e. The van der Waals surface area contributed by atoms with Crippen LogP contribution in [0.3, 0.4) is 0 Å². The lowest BCUT2D eigenvalue weighted by Crippen LogP contribution is -2.58. The Morgan fingerprint density at radius 2 is 1.76 bits per heavy atom. The lowest BCUT2D eigenvalue weighted by Gasteiger charge is -2.49. The SMILES string of the molecule is CC(C)N1CC2CCCC(C1)C2NCCc1ccccc1. The molecule has 1 aromatic rings. The summed E-state index contributed by atoms with van der Waals surface area (Å²) in [6.07, 6.45) is 5.44. The molecule has 0 spiro atoms. The van der Waals surface area contributed by atoms with Gasteiger partial charge < -0.3 is 10.2 Å². The zero-order chi connectivity index (χ0) is 14.7. The van der Waals surface area contributed by atoms with Gasteiger partial charge in [-0.3, -0.25) is 0 Å². The van der Waals surface area contributed by atoms with Crippen LogP contribution in [0.25, 0.3) is 0 Å². The molecular weight excluding hydrogens is 256 g/mol. The highest BCUT2D eigenvalue weighted by atomic mass is 15.2. The number of benzene rings is 1. The van der Waals surface area contributed by atoms with Crippen LogP contribution >= 0.6 is 0 Å². The van der Waals surface area contributed by atoms with E-state index >= 15 is 0 Å². The van der Waals surface area contributed by atoms with Crippen molar-refractivity contribution in [3.05, 3.63) is 35.9 Å². The molecule has 1 N–H and O–H groups in total. The monoisotopic (exact) mass is 286 g/mol. The number of nitrogens with one attached hydrogen (secondary N) is 1. The predicted octanol–water partition coefficient (Wildman–Crippen LogP) is 3.33. The zero-order valence-electron chi connectivity index (χ0n) is 13.6. The van der Waals surface area contributed by atoms with Gasteiger partial charge in [-0.1, -0.05) is 36.8 Å². The van der Waals surface area contributed by atoms with E-state index in [0.29, 0.717) is 6.04 Å². The second-order valence-corrected chi connectivity index (χ2v) is 7.21. The van der Waals surface area contributed by atoms with Crippen molar-refractivity contribution >= 4 is 0 Å². The predicted molar refractivity (Wildman–Crippen MR) is 89.5 cm³/mol. The lowest BCUT2D eigenvalue weighted by atomic mass is 9.73. The molecule has 0 radical (unpaired) electrons.